The first-order valence-electron chi connectivity index (χ1n) is 7.64. The molecule has 21 heavy (non-hydrogen) atoms. The molecule has 120 valence electrons. The second-order valence-electron chi connectivity index (χ2n) is 5.09. The van der Waals surface area contributed by atoms with Gasteiger partial charge in [-0.2, -0.15) is 0 Å². The van der Waals surface area contributed by atoms with Gasteiger partial charge >= 0.3 is 0 Å². The smallest absolute Gasteiger partial charge is 0.194 e. The minimum Gasteiger partial charge on any atom is -0.310 e. The van der Waals surface area contributed by atoms with E-state index in [2.05, 4.69) is 24.1 Å². The van der Waals surface area contributed by atoms with Crippen molar-refractivity contribution in [3.8, 4) is 0 Å². The van der Waals surface area contributed by atoms with E-state index in [0.29, 0.717) is 13.0 Å². The summed E-state index contributed by atoms with van der Waals surface area (Å²) < 4.78 is 40.4. The Hall–Kier alpha value is -1.07. The molecule has 0 aromatic heterocycles. The van der Waals surface area contributed by atoms with Crippen LogP contribution in [0.15, 0.2) is 12.1 Å². The van der Waals surface area contributed by atoms with Crippen molar-refractivity contribution in [3.63, 3.8) is 0 Å². The number of rotatable bonds is 9. The second kappa shape index (κ2) is 9.05. The third-order valence-corrected chi connectivity index (χ3v) is 3.71. The lowest BCUT2D eigenvalue weighted by Gasteiger charge is -2.24. The van der Waals surface area contributed by atoms with Gasteiger partial charge in [0.05, 0.1) is 0 Å². The molecule has 0 spiro atoms. The molecule has 0 heterocycles. The Balaban J connectivity index is 2.89. The van der Waals surface area contributed by atoms with Crippen LogP contribution in [0.25, 0.3) is 0 Å². The van der Waals surface area contributed by atoms with Crippen molar-refractivity contribution in [1.82, 2.24) is 10.2 Å². The third kappa shape index (κ3) is 5.00. The van der Waals surface area contributed by atoms with Crippen LogP contribution in [-0.2, 0) is 0 Å². The molecule has 1 N–H and O–H groups in total. The van der Waals surface area contributed by atoms with E-state index in [1.54, 1.807) is 0 Å². The maximum Gasteiger partial charge on any atom is 0.194 e. The van der Waals surface area contributed by atoms with Gasteiger partial charge in [-0.05, 0) is 45.1 Å². The quantitative estimate of drug-likeness (QED) is 0.697. The standard InChI is InChI=1S/C16H25F3N2/c1-4-10-20-14(9-11-21(5-2)6-3)12-7-8-13(17)16(19)15(12)18/h7-8,14,20H,4-6,9-11H2,1-3H3. The van der Waals surface area contributed by atoms with Crippen LogP contribution in [0.1, 0.15) is 45.2 Å². The lowest BCUT2D eigenvalue weighted by atomic mass is 10.0. The number of nitrogens with one attached hydrogen (secondary N) is 1. The van der Waals surface area contributed by atoms with E-state index in [-0.39, 0.29) is 11.6 Å². The Morgan fingerprint density at radius 3 is 2.29 bits per heavy atom. The molecule has 0 bridgehead atoms. The average molecular weight is 302 g/mol. The summed E-state index contributed by atoms with van der Waals surface area (Å²) in [5, 5.41) is 3.22. The molecule has 1 atom stereocenters. The summed E-state index contributed by atoms with van der Waals surface area (Å²) in [4.78, 5) is 2.22. The zero-order chi connectivity index (χ0) is 15.8. The normalized spacial score (nSPS) is 12.9. The van der Waals surface area contributed by atoms with Gasteiger partial charge in [0.2, 0.25) is 0 Å². The molecule has 1 aromatic rings. The predicted molar refractivity (Wildman–Crippen MR) is 79.8 cm³/mol. The highest BCUT2D eigenvalue weighted by molar-refractivity contribution is 5.23. The zero-order valence-electron chi connectivity index (χ0n) is 13.1. The average Bonchev–Trinajstić information content (AvgIpc) is 2.49. The molecular weight excluding hydrogens is 277 g/mol. The SMILES string of the molecule is CCCNC(CCN(CC)CC)c1ccc(F)c(F)c1F. The highest BCUT2D eigenvalue weighted by Crippen LogP contribution is 2.24. The first-order valence-corrected chi connectivity index (χ1v) is 7.64. The van der Waals surface area contributed by atoms with Crippen LogP contribution < -0.4 is 5.32 Å². The molecule has 1 rings (SSSR count). The summed E-state index contributed by atoms with van der Waals surface area (Å²) in [7, 11) is 0. The Labute approximate surface area is 125 Å². The van der Waals surface area contributed by atoms with E-state index in [4.69, 9.17) is 0 Å². The molecule has 5 heteroatoms. The minimum atomic E-state index is -1.39. The number of hydrogen-bond acceptors (Lipinski definition) is 2. The molecule has 0 fully saturated rings. The van der Waals surface area contributed by atoms with Gasteiger partial charge in [0.15, 0.2) is 17.5 Å². The highest BCUT2D eigenvalue weighted by atomic mass is 19.2. The molecule has 1 unspecified atom stereocenters. The molecule has 0 aliphatic carbocycles. The Kier molecular flexibility index (Phi) is 7.75. The van der Waals surface area contributed by atoms with Crippen LogP contribution >= 0.6 is 0 Å². The van der Waals surface area contributed by atoms with Crippen molar-refractivity contribution in [3.05, 3.63) is 35.1 Å². The van der Waals surface area contributed by atoms with Gasteiger partial charge in [0.25, 0.3) is 0 Å². The van der Waals surface area contributed by atoms with Crippen molar-refractivity contribution in [2.24, 2.45) is 0 Å². The molecule has 0 saturated carbocycles. The van der Waals surface area contributed by atoms with Gasteiger partial charge in [0, 0.05) is 11.6 Å². The number of halogens is 3. The molecule has 0 radical (unpaired) electrons. The first-order chi connectivity index (χ1) is 10.0. The van der Waals surface area contributed by atoms with Crippen LogP contribution in [0.4, 0.5) is 13.2 Å². The molecule has 0 saturated heterocycles. The number of hydrogen-bond donors (Lipinski definition) is 1. The molecule has 0 aliphatic heterocycles. The fourth-order valence-electron chi connectivity index (χ4n) is 2.35. The van der Waals surface area contributed by atoms with Crippen LogP contribution in [0, 0.1) is 17.5 Å². The van der Waals surface area contributed by atoms with Gasteiger partial charge in [-0.25, -0.2) is 13.2 Å². The molecule has 0 aliphatic rings. The predicted octanol–water partition coefficient (Wildman–Crippen LogP) is 3.88. The highest BCUT2D eigenvalue weighted by Gasteiger charge is 2.20. The van der Waals surface area contributed by atoms with Crippen LogP contribution in [0.5, 0.6) is 0 Å². The van der Waals surface area contributed by atoms with Gasteiger partial charge in [0.1, 0.15) is 0 Å². The second-order valence-corrected chi connectivity index (χ2v) is 5.09. The fourth-order valence-corrected chi connectivity index (χ4v) is 2.35. The Morgan fingerprint density at radius 1 is 1.05 bits per heavy atom. The Morgan fingerprint density at radius 2 is 1.71 bits per heavy atom. The topological polar surface area (TPSA) is 15.3 Å². The summed E-state index contributed by atoms with van der Waals surface area (Å²) in [5.41, 5.74) is 0.203. The van der Waals surface area contributed by atoms with Gasteiger partial charge in [-0.15, -0.1) is 0 Å². The lowest BCUT2D eigenvalue weighted by molar-refractivity contribution is 0.279. The van der Waals surface area contributed by atoms with Crippen molar-refractivity contribution in [1.29, 1.82) is 0 Å². The zero-order valence-corrected chi connectivity index (χ0v) is 13.1. The minimum absolute atomic E-state index is 0.203. The summed E-state index contributed by atoms with van der Waals surface area (Å²) in [6.45, 7) is 9.46. The van der Waals surface area contributed by atoms with Crippen LogP contribution in [-0.4, -0.2) is 31.1 Å². The maximum absolute atomic E-state index is 14.0. The molecule has 0 amide bonds. The summed E-state index contributed by atoms with van der Waals surface area (Å²) in [6, 6.07) is 2.02. The van der Waals surface area contributed by atoms with Crippen molar-refractivity contribution in [2.75, 3.05) is 26.2 Å². The summed E-state index contributed by atoms with van der Waals surface area (Å²) in [5.74, 6) is -3.61. The number of nitrogens with zero attached hydrogens (tertiary/aromatic N) is 1. The van der Waals surface area contributed by atoms with E-state index in [1.165, 1.54) is 6.07 Å². The largest absolute Gasteiger partial charge is 0.310 e. The van der Waals surface area contributed by atoms with E-state index < -0.39 is 17.5 Å². The maximum atomic E-state index is 14.0. The Bertz CT molecular complexity index is 434. The summed E-state index contributed by atoms with van der Waals surface area (Å²) >= 11 is 0. The van der Waals surface area contributed by atoms with E-state index in [1.807, 2.05) is 6.92 Å². The van der Waals surface area contributed by atoms with Crippen LogP contribution in [0.3, 0.4) is 0 Å². The first kappa shape index (κ1) is 18.0. The molecule has 1 aromatic carbocycles. The number of benzene rings is 1. The third-order valence-electron chi connectivity index (χ3n) is 3.71. The van der Waals surface area contributed by atoms with Gasteiger partial charge in [-0.3, -0.25) is 0 Å². The van der Waals surface area contributed by atoms with E-state index in [0.717, 1.165) is 32.1 Å². The fraction of sp³-hybridized carbons (Fsp3) is 0.625. The van der Waals surface area contributed by atoms with Gasteiger partial charge < -0.3 is 10.2 Å². The van der Waals surface area contributed by atoms with E-state index in [9.17, 15) is 13.2 Å². The van der Waals surface area contributed by atoms with Gasteiger partial charge in [-0.1, -0.05) is 26.8 Å². The van der Waals surface area contributed by atoms with E-state index >= 15 is 0 Å². The van der Waals surface area contributed by atoms with Crippen molar-refractivity contribution >= 4 is 0 Å². The monoisotopic (exact) mass is 302 g/mol. The van der Waals surface area contributed by atoms with Crippen molar-refractivity contribution < 1.29 is 13.2 Å². The lowest BCUT2D eigenvalue weighted by Crippen LogP contribution is -2.30. The van der Waals surface area contributed by atoms with Crippen LogP contribution in [0.2, 0.25) is 0 Å². The molecular formula is C16H25F3N2. The summed E-state index contributed by atoms with van der Waals surface area (Å²) in [6.07, 6.45) is 1.55. The molecule has 2 nitrogen and oxygen atoms in total. The van der Waals surface area contributed by atoms with Crippen molar-refractivity contribution in [2.45, 2.75) is 39.7 Å².